The van der Waals surface area contributed by atoms with Crippen LogP contribution in [0.15, 0.2) is 72.8 Å². The number of morpholine rings is 1. The fourth-order valence-corrected chi connectivity index (χ4v) is 4.28. The van der Waals surface area contributed by atoms with E-state index in [2.05, 4.69) is 4.90 Å². The monoisotopic (exact) mass is 541 g/mol. The van der Waals surface area contributed by atoms with Crippen LogP contribution in [-0.2, 0) is 22.3 Å². The van der Waals surface area contributed by atoms with Gasteiger partial charge in [-0.25, -0.2) is 4.79 Å². The molecule has 206 valence electrons. The van der Waals surface area contributed by atoms with Crippen LogP contribution >= 0.6 is 0 Å². The maximum atomic E-state index is 13.1. The third-order valence-corrected chi connectivity index (χ3v) is 6.33. The van der Waals surface area contributed by atoms with Crippen molar-refractivity contribution >= 4 is 11.5 Å². The first-order chi connectivity index (χ1) is 18.7. The summed E-state index contributed by atoms with van der Waals surface area (Å²) in [5, 5.41) is 8.80. The minimum absolute atomic E-state index is 0.167. The number of rotatable bonds is 10. The van der Waals surface area contributed by atoms with E-state index in [4.69, 9.17) is 19.3 Å². The number of carboxylic acid groups (broad SMARTS) is 1. The second-order valence-electron chi connectivity index (χ2n) is 9.20. The third kappa shape index (κ3) is 8.08. The summed E-state index contributed by atoms with van der Waals surface area (Å²) in [4.78, 5) is 13.1. The lowest BCUT2D eigenvalue weighted by atomic mass is 9.95. The first kappa shape index (κ1) is 28.2. The van der Waals surface area contributed by atoms with Crippen LogP contribution in [0.2, 0.25) is 0 Å². The van der Waals surface area contributed by atoms with E-state index in [-0.39, 0.29) is 6.61 Å². The Morgan fingerprint density at radius 1 is 0.974 bits per heavy atom. The summed E-state index contributed by atoms with van der Waals surface area (Å²) in [7, 11) is 0. The zero-order chi connectivity index (χ0) is 27.8. The number of hydrogen-bond donors (Lipinski definition) is 1. The van der Waals surface area contributed by atoms with E-state index in [9.17, 15) is 18.0 Å². The van der Waals surface area contributed by atoms with E-state index in [1.807, 2.05) is 30.3 Å². The Morgan fingerprint density at radius 3 is 2.21 bits per heavy atom. The lowest BCUT2D eigenvalue weighted by molar-refractivity contribution is -0.139. The van der Waals surface area contributed by atoms with Crippen molar-refractivity contribution in [3.63, 3.8) is 0 Å². The molecule has 4 rings (SSSR count). The SMILES string of the molecule is Cc1cc(OC/C=C(/c2ccc(CN3CCOCC3)cc2)c2ccc(C(F)(F)F)cc2)ccc1OCC(=O)O. The molecule has 39 heavy (non-hydrogen) atoms. The van der Waals surface area contributed by atoms with Crippen molar-refractivity contribution in [3.8, 4) is 11.5 Å². The van der Waals surface area contributed by atoms with Gasteiger partial charge in [0, 0.05) is 19.6 Å². The Hall–Kier alpha value is -3.82. The number of carboxylic acids is 1. The van der Waals surface area contributed by atoms with Crippen LogP contribution in [0, 0.1) is 6.92 Å². The number of benzene rings is 3. The predicted molar refractivity (Wildman–Crippen MR) is 141 cm³/mol. The molecule has 0 amide bonds. The number of ether oxygens (including phenoxy) is 3. The van der Waals surface area contributed by atoms with Crippen LogP contribution in [0.25, 0.3) is 5.57 Å². The fourth-order valence-electron chi connectivity index (χ4n) is 4.28. The third-order valence-electron chi connectivity index (χ3n) is 6.33. The molecule has 0 atom stereocenters. The predicted octanol–water partition coefficient (Wildman–Crippen LogP) is 5.82. The molecule has 9 heteroatoms. The van der Waals surface area contributed by atoms with Crippen molar-refractivity contribution in [2.24, 2.45) is 0 Å². The Bertz CT molecular complexity index is 1280. The molecule has 1 fully saturated rings. The standard InChI is InChI=1S/C30H30F3NO5/c1-21-18-26(10-11-28(21)39-20-29(35)36)38-15-12-27(24-6-8-25(9-7-24)30(31,32)33)23-4-2-22(3-5-23)19-34-13-16-37-17-14-34/h2-12,18H,13-17,19-20H2,1H3,(H,35,36)/b27-12-. The molecular weight excluding hydrogens is 511 g/mol. The normalized spacial score (nSPS) is 14.7. The van der Waals surface area contributed by atoms with Gasteiger partial charge >= 0.3 is 12.1 Å². The average Bonchev–Trinajstić information content (AvgIpc) is 2.91. The highest BCUT2D eigenvalue weighted by Gasteiger charge is 2.30. The van der Waals surface area contributed by atoms with Crippen LogP contribution in [0.1, 0.15) is 27.8 Å². The van der Waals surface area contributed by atoms with Crippen molar-refractivity contribution in [2.75, 3.05) is 39.5 Å². The number of aliphatic carboxylic acids is 1. The smallest absolute Gasteiger partial charge is 0.416 e. The molecule has 0 unspecified atom stereocenters. The summed E-state index contributed by atoms with van der Waals surface area (Å²) in [6.07, 6.45) is -2.57. The molecule has 0 aromatic heterocycles. The van der Waals surface area contributed by atoms with Gasteiger partial charge in [0.15, 0.2) is 6.61 Å². The molecule has 1 aliphatic rings. The average molecular weight is 542 g/mol. The van der Waals surface area contributed by atoms with Crippen molar-refractivity contribution in [1.29, 1.82) is 0 Å². The molecule has 1 N–H and O–H groups in total. The van der Waals surface area contributed by atoms with Gasteiger partial charge < -0.3 is 19.3 Å². The second kappa shape index (κ2) is 12.8. The van der Waals surface area contributed by atoms with Crippen LogP contribution in [0.5, 0.6) is 11.5 Å². The highest BCUT2D eigenvalue weighted by molar-refractivity contribution is 5.80. The molecule has 1 heterocycles. The molecule has 0 saturated carbocycles. The Balaban J connectivity index is 1.52. The van der Waals surface area contributed by atoms with E-state index < -0.39 is 24.3 Å². The van der Waals surface area contributed by atoms with Gasteiger partial charge in [0.05, 0.1) is 18.8 Å². The zero-order valence-corrected chi connectivity index (χ0v) is 21.5. The molecule has 0 spiro atoms. The van der Waals surface area contributed by atoms with Gasteiger partial charge in [0.25, 0.3) is 0 Å². The van der Waals surface area contributed by atoms with E-state index >= 15 is 0 Å². The molecule has 0 aliphatic carbocycles. The van der Waals surface area contributed by atoms with Crippen LogP contribution in [0.4, 0.5) is 13.2 Å². The topological polar surface area (TPSA) is 68.2 Å². The van der Waals surface area contributed by atoms with Crippen molar-refractivity contribution in [2.45, 2.75) is 19.6 Å². The van der Waals surface area contributed by atoms with E-state index in [1.165, 1.54) is 12.1 Å². The van der Waals surface area contributed by atoms with Crippen LogP contribution < -0.4 is 9.47 Å². The Labute approximate surface area is 225 Å². The van der Waals surface area contributed by atoms with Gasteiger partial charge in [-0.05, 0) is 71.2 Å². The number of carbonyl (C=O) groups is 1. The van der Waals surface area contributed by atoms with Gasteiger partial charge in [-0.15, -0.1) is 0 Å². The zero-order valence-electron chi connectivity index (χ0n) is 21.5. The van der Waals surface area contributed by atoms with E-state index in [0.29, 0.717) is 17.1 Å². The van der Waals surface area contributed by atoms with Crippen LogP contribution in [-0.4, -0.2) is 55.5 Å². The van der Waals surface area contributed by atoms with Crippen molar-refractivity contribution in [1.82, 2.24) is 4.90 Å². The summed E-state index contributed by atoms with van der Waals surface area (Å²) in [6.45, 7) is 5.51. The minimum Gasteiger partial charge on any atom is -0.489 e. The molecule has 0 radical (unpaired) electrons. The highest BCUT2D eigenvalue weighted by atomic mass is 19.4. The lowest BCUT2D eigenvalue weighted by Crippen LogP contribution is -2.35. The molecule has 3 aromatic rings. The molecule has 1 saturated heterocycles. The molecule has 6 nitrogen and oxygen atoms in total. The first-order valence-electron chi connectivity index (χ1n) is 12.5. The highest BCUT2D eigenvalue weighted by Crippen LogP contribution is 2.32. The van der Waals surface area contributed by atoms with E-state index in [0.717, 1.165) is 67.2 Å². The van der Waals surface area contributed by atoms with Crippen LogP contribution in [0.3, 0.4) is 0 Å². The first-order valence-corrected chi connectivity index (χ1v) is 12.5. The van der Waals surface area contributed by atoms with Gasteiger partial charge in [-0.2, -0.15) is 13.2 Å². The fraction of sp³-hybridized carbons (Fsp3) is 0.300. The summed E-state index contributed by atoms with van der Waals surface area (Å²) in [6, 6.07) is 18.2. The summed E-state index contributed by atoms with van der Waals surface area (Å²) < 4.78 is 56.0. The summed E-state index contributed by atoms with van der Waals surface area (Å²) in [5.41, 5.74) is 3.41. The lowest BCUT2D eigenvalue weighted by Gasteiger charge is -2.26. The van der Waals surface area contributed by atoms with Crippen molar-refractivity contribution < 1.29 is 37.3 Å². The van der Waals surface area contributed by atoms with E-state index in [1.54, 1.807) is 25.1 Å². The second-order valence-corrected chi connectivity index (χ2v) is 9.20. The number of halogens is 3. The Kier molecular flexibility index (Phi) is 9.27. The molecule has 3 aromatic carbocycles. The number of aryl methyl sites for hydroxylation is 1. The molecule has 0 bridgehead atoms. The largest absolute Gasteiger partial charge is 0.489 e. The van der Waals surface area contributed by atoms with Gasteiger partial charge in [-0.3, -0.25) is 4.90 Å². The van der Waals surface area contributed by atoms with Gasteiger partial charge in [0.1, 0.15) is 18.1 Å². The number of alkyl halides is 3. The maximum absolute atomic E-state index is 13.1. The summed E-state index contributed by atoms with van der Waals surface area (Å²) >= 11 is 0. The maximum Gasteiger partial charge on any atom is 0.416 e. The number of nitrogens with zero attached hydrogens (tertiary/aromatic N) is 1. The van der Waals surface area contributed by atoms with Gasteiger partial charge in [-0.1, -0.05) is 36.4 Å². The summed E-state index contributed by atoms with van der Waals surface area (Å²) in [5.74, 6) is -0.0632. The molecular formula is C30H30F3NO5. The minimum atomic E-state index is -4.41. The van der Waals surface area contributed by atoms with Crippen molar-refractivity contribution in [3.05, 3.63) is 101 Å². The Morgan fingerprint density at radius 2 is 1.62 bits per heavy atom. The number of hydrogen-bond acceptors (Lipinski definition) is 5. The van der Waals surface area contributed by atoms with Gasteiger partial charge in [0.2, 0.25) is 0 Å². The molecule has 1 aliphatic heterocycles. The quantitative estimate of drug-likeness (QED) is 0.349.